The molecular weight excluding hydrogens is 462 g/mol. The normalized spacial score (nSPS) is 13.1. The average Bonchev–Trinajstić information content (AvgIpc) is 3.65. The van der Waals surface area contributed by atoms with Crippen molar-refractivity contribution in [3.63, 3.8) is 0 Å². The zero-order valence-electron chi connectivity index (χ0n) is 20.3. The molecule has 1 saturated carbocycles. The van der Waals surface area contributed by atoms with Crippen LogP contribution in [0.5, 0.6) is 11.6 Å². The van der Waals surface area contributed by atoms with Crippen LogP contribution in [-0.4, -0.2) is 43.7 Å². The van der Waals surface area contributed by atoms with Crippen molar-refractivity contribution >= 4 is 34.5 Å². The van der Waals surface area contributed by atoms with E-state index in [1.54, 1.807) is 46.7 Å². The molecule has 4 aromatic rings. The van der Waals surface area contributed by atoms with Gasteiger partial charge in [0.15, 0.2) is 5.65 Å². The number of nitrogens with zero attached hydrogens (tertiary/aromatic N) is 5. The molecule has 4 aromatic heterocycles. The number of hydrogen-bond donors (Lipinski definition) is 2. The van der Waals surface area contributed by atoms with Gasteiger partial charge in [0.25, 0.3) is 5.56 Å². The predicted octanol–water partition coefficient (Wildman–Crippen LogP) is 3.54. The van der Waals surface area contributed by atoms with Gasteiger partial charge in [0.2, 0.25) is 17.7 Å². The highest BCUT2D eigenvalue weighted by atomic mass is 16.5. The van der Waals surface area contributed by atoms with Crippen molar-refractivity contribution in [3.05, 3.63) is 58.6 Å². The van der Waals surface area contributed by atoms with Crippen molar-refractivity contribution in [2.75, 3.05) is 24.4 Å². The molecule has 1 aliphatic carbocycles. The first kappa shape index (κ1) is 23.5. The van der Waals surface area contributed by atoms with Gasteiger partial charge in [-0.05, 0) is 42.5 Å². The van der Waals surface area contributed by atoms with Gasteiger partial charge in [0.05, 0.1) is 6.61 Å². The molecule has 0 aliphatic heterocycles. The smallest absolute Gasteiger partial charge is 0.274 e. The van der Waals surface area contributed by atoms with E-state index in [0.717, 1.165) is 18.4 Å². The third-order valence-electron chi connectivity index (χ3n) is 5.89. The van der Waals surface area contributed by atoms with Crippen molar-refractivity contribution in [1.82, 2.24) is 24.1 Å². The highest BCUT2D eigenvalue weighted by molar-refractivity contribution is 5.87. The number of imidazole rings is 1. The SMILES string of the molecule is COCCn1cc(C2CC2)cc(Nc2nc3ccc(Oc4ccnc(NC(C)=O)c4)nc3n2C)c1=O. The third kappa shape index (κ3) is 5.05. The molecule has 0 atom stereocenters. The van der Waals surface area contributed by atoms with Crippen LogP contribution in [0, 0.1) is 0 Å². The largest absolute Gasteiger partial charge is 0.439 e. The first-order valence-electron chi connectivity index (χ1n) is 11.7. The number of fused-ring (bicyclic) bond motifs is 1. The zero-order valence-corrected chi connectivity index (χ0v) is 20.3. The van der Waals surface area contributed by atoms with Crippen LogP contribution in [0.3, 0.4) is 0 Å². The van der Waals surface area contributed by atoms with Gasteiger partial charge in [0.1, 0.15) is 22.8 Å². The lowest BCUT2D eigenvalue weighted by Gasteiger charge is -2.12. The molecule has 0 radical (unpaired) electrons. The summed E-state index contributed by atoms with van der Waals surface area (Å²) in [6.45, 7) is 2.35. The summed E-state index contributed by atoms with van der Waals surface area (Å²) in [5, 5.41) is 5.84. The first-order valence-corrected chi connectivity index (χ1v) is 11.7. The van der Waals surface area contributed by atoms with Crippen LogP contribution in [0.15, 0.2) is 47.5 Å². The van der Waals surface area contributed by atoms with E-state index in [2.05, 4.69) is 25.6 Å². The molecular formula is C25H27N7O4. The van der Waals surface area contributed by atoms with E-state index in [1.807, 2.05) is 19.3 Å². The summed E-state index contributed by atoms with van der Waals surface area (Å²) in [5.41, 5.74) is 2.71. The molecule has 0 unspecified atom stereocenters. The number of rotatable bonds is 9. The molecule has 11 nitrogen and oxygen atoms in total. The molecule has 1 aliphatic rings. The Hall–Kier alpha value is -4.25. The lowest BCUT2D eigenvalue weighted by Crippen LogP contribution is -2.25. The molecule has 0 saturated heterocycles. The van der Waals surface area contributed by atoms with E-state index in [4.69, 9.17) is 9.47 Å². The summed E-state index contributed by atoms with van der Waals surface area (Å²) < 4.78 is 14.5. The first-order chi connectivity index (χ1) is 17.4. The standard InChI is InChI=1S/C25H27N7O4/c1-15(33)27-21-13-18(8-9-26-21)36-22-7-6-19-23(30-22)31(2)25(28-19)29-20-12-17(16-4-5-16)14-32(24(20)34)10-11-35-3/h6-9,12-14,16H,4-5,10-11H2,1-3H3,(H,28,29)(H,26,27,33). The van der Waals surface area contributed by atoms with E-state index in [0.29, 0.717) is 59.3 Å². The van der Waals surface area contributed by atoms with Crippen LogP contribution < -0.4 is 20.9 Å². The molecule has 11 heteroatoms. The summed E-state index contributed by atoms with van der Waals surface area (Å²) in [5.74, 6) is 1.99. The number of carbonyl (C=O) groups excluding carboxylic acids is 1. The Kier molecular flexibility index (Phi) is 6.38. The quantitative estimate of drug-likeness (QED) is 0.366. The van der Waals surface area contributed by atoms with Gasteiger partial charge in [-0.3, -0.25) is 14.2 Å². The lowest BCUT2D eigenvalue weighted by molar-refractivity contribution is -0.114. The second kappa shape index (κ2) is 9.78. The number of anilines is 3. The van der Waals surface area contributed by atoms with Gasteiger partial charge in [-0.25, -0.2) is 9.97 Å². The second-order valence-electron chi connectivity index (χ2n) is 8.72. The van der Waals surface area contributed by atoms with E-state index >= 15 is 0 Å². The van der Waals surface area contributed by atoms with Crippen LogP contribution in [0.4, 0.5) is 17.5 Å². The zero-order chi connectivity index (χ0) is 25.2. The number of aromatic nitrogens is 5. The fraction of sp³-hybridized carbons (Fsp3) is 0.320. The Labute approximate surface area is 207 Å². The number of amides is 1. The fourth-order valence-electron chi connectivity index (χ4n) is 3.92. The number of aryl methyl sites for hydroxylation is 1. The molecule has 2 N–H and O–H groups in total. The van der Waals surface area contributed by atoms with Gasteiger partial charge < -0.3 is 24.7 Å². The van der Waals surface area contributed by atoms with Gasteiger partial charge >= 0.3 is 0 Å². The number of hydrogen-bond acceptors (Lipinski definition) is 8. The van der Waals surface area contributed by atoms with Gasteiger partial charge in [-0.15, -0.1) is 0 Å². The van der Waals surface area contributed by atoms with E-state index in [-0.39, 0.29) is 11.5 Å². The molecule has 5 rings (SSSR count). The number of nitrogens with one attached hydrogen (secondary N) is 2. The predicted molar refractivity (Wildman–Crippen MR) is 135 cm³/mol. The number of carbonyl (C=O) groups is 1. The Morgan fingerprint density at radius 1 is 1.19 bits per heavy atom. The highest BCUT2D eigenvalue weighted by Gasteiger charge is 2.25. The average molecular weight is 490 g/mol. The van der Waals surface area contributed by atoms with Crippen LogP contribution in [0.1, 0.15) is 31.2 Å². The molecule has 0 bridgehead atoms. The second-order valence-corrected chi connectivity index (χ2v) is 8.72. The Bertz CT molecular complexity index is 1490. The Balaban J connectivity index is 1.42. The summed E-state index contributed by atoms with van der Waals surface area (Å²) >= 11 is 0. The minimum atomic E-state index is -0.220. The van der Waals surface area contributed by atoms with Crippen LogP contribution >= 0.6 is 0 Å². The minimum Gasteiger partial charge on any atom is -0.439 e. The summed E-state index contributed by atoms with van der Waals surface area (Å²) in [6, 6.07) is 8.72. The topological polar surface area (TPSA) is 125 Å². The number of methoxy groups -OCH3 is 1. The van der Waals surface area contributed by atoms with Crippen molar-refractivity contribution in [1.29, 1.82) is 0 Å². The molecule has 4 heterocycles. The molecule has 1 amide bonds. The van der Waals surface area contributed by atoms with Crippen LogP contribution in [0.25, 0.3) is 11.2 Å². The summed E-state index contributed by atoms with van der Waals surface area (Å²) in [4.78, 5) is 37.7. The maximum Gasteiger partial charge on any atom is 0.274 e. The van der Waals surface area contributed by atoms with Crippen molar-refractivity contribution in [3.8, 4) is 11.6 Å². The third-order valence-corrected chi connectivity index (χ3v) is 5.89. The monoisotopic (exact) mass is 489 g/mol. The fourth-order valence-corrected chi connectivity index (χ4v) is 3.92. The summed E-state index contributed by atoms with van der Waals surface area (Å²) in [7, 11) is 3.44. The Morgan fingerprint density at radius 3 is 2.78 bits per heavy atom. The maximum atomic E-state index is 13.1. The van der Waals surface area contributed by atoms with Crippen molar-refractivity contribution < 1.29 is 14.3 Å². The lowest BCUT2D eigenvalue weighted by atomic mass is 10.2. The molecule has 1 fully saturated rings. The number of ether oxygens (including phenoxy) is 2. The maximum absolute atomic E-state index is 13.1. The van der Waals surface area contributed by atoms with Gasteiger partial charge in [-0.1, -0.05) is 0 Å². The van der Waals surface area contributed by atoms with Crippen LogP contribution in [-0.2, 0) is 23.1 Å². The Morgan fingerprint density at radius 2 is 2.03 bits per heavy atom. The van der Waals surface area contributed by atoms with E-state index < -0.39 is 0 Å². The summed E-state index contributed by atoms with van der Waals surface area (Å²) in [6.07, 6.45) is 5.73. The molecule has 186 valence electrons. The van der Waals surface area contributed by atoms with Gasteiger partial charge in [-0.2, -0.15) is 4.98 Å². The highest BCUT2D eigenvalue weighted by Crippen LogP contribution is 2.40. The molecule has 0 aromatic carbocycles. The van der Waals surface area contributed by atoms with E-state index in [1.165, 1.54) is 6.92 Å². The number of pyridine rings is 3. The van der Waals surface area contributed by atoms with Crippen LogP contribution in [0.2, 0.25) is 0 Å². The molecule has 0 spiro atoms. The van der Waals surface area contributed by atoms with E-state index in [9.17, 15) is 9.59 Å². The van der Waals surface area contributed by atoms with Gasteiger partial charge in [0, 0.05) is 52.2 Å². The van der Waals surface area contributed by atoms with Crippen molar-refractivity contribution in [2.45, 2.75) is 32.2 Å². The minimum absolute atomic E-state index is 0.131. The molecule has 36 heavy (non-hydrogen) atoms. The van der Waals surface area contributed by atoms with Crippen molar-refractivity contribution in [2.24, 2.45) is 7.05 Å².